The highest BCUT2D eigenvalue weighted by atomic mass is 16.6. The molecule has 1 aliphatic rings. The van der Waals surface area contributed by atoms with Gasteiger partial charge >= 0.3 is 12.1 Å². The Morgan fingerprint density at radius 2 is 2.10 bits per heavy atom. The summed E-state index contributed by atoms with van der Waals surface area (Å²) in [5.41, 5.74) is 0.162. The summed E-state index contributed by atoms with van der Waals surface area (Å²) in [6.07, 6.45) is 3.70. The second kappa shape index (κ2) is 5.71. The quantitative estimate of drug-likeness (QED) is 0.906. The van der Waals surface area contributed by atoms with E-state index in [1.807, 2.05) is 6.07 Å². The lowest BCUT2D eigenvalue weighted by molar-refractivity contribution is -0.142. The maximum Gasteiger partial charge on any atom is 0.411 e. The Morgan fingerprint density at radius 1 is 1.38 bits per heavy atom. The number of hydrogen-bond donors (Lipinski definition) is 1. The van der Waals surface area contributed by atoms with Gasteiger partial charge in [-0.15, -0.1) is 0 Å². The van der Waals surface area contributed by atoms with Gasteiger partial charge in [0.2, 0.25) is 0 Å². The second-order valence-corrected chi connectivity index (χ2v) is 6.12. The minimum atomic E-state index is -1.01. The smallest absolute Gasteiger partial charge is 0.411 e. The van der Waals surface area contributed by atoms with Crippen LogP contribution in [0.1, 0.15) is 45.2 Å². The molecule has 1 amide bonds. The fourth-order valence-corrected chi connectivity index (χ4v) is 2.52. The first-order valence-electron chi connectivity index (χ1n) is 6.93. The van der Waals surface area contributed by atoms with Gasteiger partial charge in [0.05, 0.1) is 6.04 Å². The summed E-state index contributed by atoms with van der Waals surface area (Å²) in [7, 11) is 0. The van der Waals surface area contributed by atoms with Crippen LogP contribution in [0.2, 0.25) is 0 Å². The first kappa shape index (κ1) is 15.3. The third-order valence-electron chi connectivity index (χ3n) is 3.34. The molecule has 6 heteroatoms. The predicted molar refractivity (Wildman–Crippen MR) is 75.7 cm³/mol. The monoisotopic (exact) mass is 292 g/mol. The highest BCUT2D eigenvalue weighted by Gasteiger charge is 2.43. The van der Waals surface area contributed by atoms with Crippen LogP contribution < -0.4 is 0 Å². The van der Waals surface area contributed by atoms with Crippen molar-refractivity contribution in [2.75, 3.05) is 0 Å². The first-order chi connectivity index (χ1) is 9.79. The molecule has 1 aromatic heterocycles. The van der Waals surface area contributed by atoms with E-state index in [4.69, 9.17) is 4.74 Å². The summed E-state index contributed by atoms with van der Waals surface area (Å²) in [6.45, 7) is 5.28. The molecule has 2 heterocycles. The summed E-state index contributed by atoms with van der Waals surface area (Å²) < 4.78 is 5.36. The van der Waals surface area contributed by atoms with Gasteiger partial charge in [0.25, 0.3) is 0 Å². The minimum absolute atomic E-state index is 0.311. The van der Waals surface area contributed by atoms with E-state index in [0.29, 0.717) is 12.8 Å². The van der Waals surface area contributed by atoms with Gasteiger partial charge in [-0.1, -0.05) is 6.07 Å². The average molecular weight is 292 g/mol. The molecular weight excluding hydrogens is 272 g/mol. The Bertz CT molecular complexity index is 524. The fourth-order valence-electron chi connectivity index (χ4n) is 2.52. The molecule has 1 N–H and O–H groups in total. The van der Waals surface area contributed by atoms with E-state index in [-0.39, 0.29) is 6.04 Å². The highest BCUT2D eigenvalue weighted by Crippen LogP contribution is 2.37. The second-order valence-electron chi connectivity index (χ2n) is 6.12. The molecule has 1 saturated heterocycles. The van der Waals surface area contributed by atoms with Gasteiger partial charge in [0.1, 0.15) is 11.6 Å². The van der Waals surface area contributed by atoms with Crippen molar-refractivity contribution in [3.05, 3.63) is 30.1 Å². The SMILES string of the molecule is CC(C)(C)OC(=O)N1C(C(=O)O)CCC1c1cccnc1. The number of rotatable bonds is 2. The Hall–Kier alpha value is -2.11. The number of carbonyl (C=O) groups is 2. The lowest BCUT2D eigenvalue weighted by Crippen LogP contribution is -2.44. The van der Waals surface area contributed by atoms with Crippen molar-refractivity contribution in [2.24, 2.45) is 0 Å². The third-order valence-corrected chi connectivity index (χ3v) is 3.34. The van der Waals surface area contributed by atoms with Crippen LogP contribution >= 0.6 is 0 Å². The van der Waals surface area contributed by atoms with Crippen molar-refractivity contribution in [1.82, 2.24) is 9.88 Å². The van der Waals surface area contributed by atoms with E-state index >= 15 is 0 Å². The number of pyridine rings is 1. The van der Waals surface area contributed by atoms with E-state index in [9.17, 15) is 14.7 Å². The lowest BCUT2D eigenvalue weighted by Gasteiger charge is -2.31. The number of aliphatic carboxylic acids is 1. The molecule has 6 nitrogen and oxygen atoms in total. The zero-order valence-electron chi connectivity index (χ0n) is 12.4. The van der Waals surface area contributed by atoms with Gasteiger partial charge in [-0.3, -0.25) is 9.88 Å². The van der Waals surface area contributed by atoms with Crippen LogP contribution in [0.5, 0.6) is 0 Å². The Labute approximate surface area is 123 Å². The maximum atomic E-state index is 12.4. The van der Waals surface area contributed by atoms with Gasteiger partial charge in [0, 0.05) is 12.4 Å². The third kappa shape index (κ3) is 3.51. The van der Waals surface area contributed by atoms with E-state index in [2.05, 4.69) is 4.98 Å². The molecule has 0 saturated carbocycles. The number of carboxylic acids is 1. The maximum absolute atomic E-state index is 12.4. The number of carbonyl (C=O) groups excluding carboxylic acids is 1. The molecule has 2 atom stereocenters. The molecule has 1 aromatic rings. The van der Waals surface area contributed by atoms with Crippen LogP contribution in [-0.2, 0) is 9.53 Å². The number of likely N-dealkylation sites (tertiary alicyclic amines) is 1. The molecule has 0 radical (unpaired) electrons. The van der Waals surface area contributed by atoms with Crippen LogP contribution in [0.15, 0.2) is 24.5 Å². The molecule has 1 fully saturated rings. The number of hydrogen-bond acceptors (Lipinski definition) is 4. The molecule has 0 aliphatic carbocycles. The fraction of sp³-hybridized carbons (Fsp3) is 0.533. The van der Waals surface area contributed by atoms with Gasteiger partial charge in [0.15, 0.2) is 0 Å². The normalized spacial score (nSPS) is 22.1. The number of aromatic nitrogens is 1. The standard InChI is InChI=1S/C15H20N2O4/c1-15(2,3)21-14(20)17-11(6-7-12(17)13(18)19)10-5-4-8-16-9-10/h4-5,8-9,11-12H,6-7H2,1-3H3,(H,18,19). The number of ether oxygens (including phenoxy) is 1. The molecule has 2 unspecified atom stereocenters. The summed E-state index contributed by atoms with van der Waals surface area (Å²) in [6, 6.07) is 2.45. The summed E-state index contributed by atoms with van der Waals surface area (Å²) in [5.74, 6) is -1.01. The number of nitrogens with zero attached hydrogens (tertiary/aromatic N) is 2. The van der Waals surface area contributed by atoms with Gasteiger partial charge in [-0.2, -0.15) is 0 Å². The van der Waals surface area contributed by atoms with Crippen molar-refractivity contribution in [1.29, 1.82) is 0 Å². The molecule has 114 valence electrons. The Balaban J connectivity index is 2.29. The average Bonchev–Trinajstić information content (AvgIpc) is 2.82. The highest BCUT2D eigenvalue weighted by molar-refractivity contribution is 5.81. The van der Waals surface area contributed by atoms with Crippen molar-refractivity contribution in [2.45, 2.75) is 51.3 Å². The lowest BCUT2D eigenvalue weighted by atomic mass is 10.1. The summed E-state index contributed by atoms with van der Waals surface area (Å²) in [5, 5.41) is 9.33. The summed E-state index contributed by atoms with van der Waals surface area (Å²) in [4.78, 5) is 29.1. The van der Waals surface area contributed by atoms with Crippen LogP contribution in [0.25, 0.3) is 0 Å². The van der Waals surface area contributed by atoms with Gasteiger partial charge in [-0.25, -0.2) is 9.59 Å². The molecule has 1 aliphatic heterocycles. The molecular formula is C15H20N2O4. The van der Waals surface area contributed by atoms with E-state index < -0.39 is 23.7 Å². The molecule has 21 heavy (non-hydrogen) atoms. The minimum Gasteiger partial charge on any atom is -0.480 e. The van der Waals surface area contributed by atoms with E-state index in [1.54, 1.807) is 39.2 Å². The van der Waals surface area contributed by atoms with E-state index in [0.717, 1.165) is 5.56 Å². The summed E-state index contributed by atoms with van der Waals surface area (Å²) >= 11 is 0. The first-order valence-corrected chi connectivity index (χ1v) is 6.93. The molecule has 0 aromatic carbocycles. The molecule has 0 bridgehead atoms. The molecule has 2 rings (SSSR count). The van der Waals surface area contributed by atoms with Crippen molar-refractivity contribution >= 4 is 12.1 Å². The van der Waals surface area contributed by atoms with Crippen LogP contribution in [0, 0.1) is 0 Å². The van der Waals surface area contributed by atoms with Crippen molar-refractivity contribution in [3.63, 3.8) is 0 Å². The van der Waals surface area contributed by atoms with Crippen molar-refractivity contribution in [3.8, 4) is 0 Å². The number of amides is 1. The van der Waals surface area contributed by atoms with Crippen LogP contribution in [0.4, 0.5) is 4.79 Å². The van der Waals surface area contributed by atoms with Crippen LogP contribution in [0.3, 0.4) is 0 Å². The van der Waals surface area contributed by atoms with Gasteiger partial charge < -0.3 is 9.84 Å². The topological polar surface area (TPSA) is 79.7 Å². The Morgan fingerprint density at radius 3 is 2.62 bits per heavy atom. The van der Waals surface area contributed by atoms with Crippen LogP contribution in [-0.4, -0.2) is 38.7 Å². The predicted octanol–water partition coefficient (Wildman–Crippen LogP) is 2.61. The van der Waals surface area contributed by atoms with Crippen molar-refractivity contribution < 1.29 is 19.4 Å². The number of carboxylic acid groups (broad SMARTS) is 1. The Kier molecular flexibility index (Phi) is 4.16. The zero-order chi connectivity index (χ0) is 15.6. The van der Waals surface area contributed by atoms with Gasteiger partial charge in [-0.05, 0) is 45.2 Å². The van der Waals surface area contributed by atoms with E-state index in [1.165, 1.54) is 4.90 Å². The molecule has 0 spiro atoms. The largest absolute Gasteiger partial charge is 0.480 e. The zero-order valence-corrected chi connectivity index (χ0v) is 12.4.